The molecule has 0 aliphatic rings. The van der Waals surface area contributed by atoms with Crippen LogP contribution in [0.2, 0.25) is 0 Å². The number of rotatable bonds is 6. The Morgan fingerprint density at radius 3 is 2.67 bits per heavy atom. The molecular formula is C21H23N3O3. The molecule has 0 amide bonds. The fraction of sp³-hybridized carbons (Fsp3) is 0.286. The normalized spacial score (nSPS) is 10.7. The molecule has 3 aromatic rings. The van der Waals surface area contributed by atoms with Crippen molar-refractivity contribution in [1.29, 1.82) is 0 Å². The molecule has 6 heteroatoms. The number of para-hydroxylation sites is 2. The largest absolute Gasteiger partial charge is 0.492 e. The minimum Gasteiger partial charge on any atom is -0.492 e. The zero-order chi connectivity index (χ0) is 19.4. The van der Waals surface area contributed by atoms with Crippen molar-refractivity contribution >= 4 is 5.97 Å². The first-order valence-corrected chi connectivity index (χ1v) is 8.89. The molecule has 27 heavy (non-hydrogen) atoms. The van der Waals surface area contributed by atoms with E-state index in [-0.39, 0.29) is 12.3 Å². The van der Waals surface area contributed by atoms with E-state index in [1.165, 1.54) is 0 Å². The van der Waals surface area contributed by atoms with Gasteiger partial charge in [-0.25, -0.2) is 9.48 Å². The first-order valence-electron chi connectivity index (χ1n) is 8.89. The van der Waals surface area contributed by atoms with Gasteiger partial charge in [0.15, 0.2) is 5.69 Å². The molecule has 0 unspecified atom stereocenters. The summed E-state index contributed by atoms with van der Waals surface area (Å²) in [5.41, 5.74) is 4.73. The van der Waals surface area contributed by atoms with Crippen LogP contribution in [0.5, 0.6) is 5.75 Å². The number of hydrogen-bond donors (Lipinski definition) is 0. The number of carbonyl (C=O) groups excluding carboxylic acids is 1. The number of nitrogens with zero attached hydrogens (tertiary/aromatic N) is 3. The second-order valence-corrected chi connectivity index (χ2v) is 6.34. The predicted octanol–water partition coefficient (Wildman–Crippen LogP) is 3.95. The third-order valence-corrected chi connectivity index (χ3v) is 4.34. The molecule has 0 aliphatic heterocycles. The summed E-state index contributed by atoms with van der Waals surface area (Å²) in [4.78, 5) is 12.5. The Balaban J connectivity index is 1.81. The SMILES string of the molecule is CCOc1ccccc1-n1nnc(C(=O)OCc2cc(C)ccc2C)c1C. The van der Waals surface area contributed by atoms with E-state index in [4.69, 9.17) is 9.47 Å². The first kappa shape index (κ1) is 18.6. The fourth-order valence-corrected chi connectivity index (χ4v) is 2.82. The lowest BCUT2D eigenvalue weighted by Gasteiger charge is -2.11. The topological polar surface area (TPSA) is 66.2 Å². The van der Waals surface area contributed by atoms with Crippen LogP contribution in [-0.2, 0) is 11.3 Å². The second-order valence-electron chi connectivity index (χ2n) is 6.34. The van der Waals surface area contributed by atoms with Crippen molar-refractivity contribution in [3.8, 4) is 11.4 Å². The van der Waals surface area contributed by atoms with Crippen LogP contribution in [0.1, 0.15) is 39.8 Å². The van der Waals surface area contributed by atoms with Gasteiger partial charge in [0.05, 0.1) is 12.3 Å². The quantitative estimate of drug-likeness (QED) is 0.619. The summed E-state index contributed by atoms with van der Waals surface area (Å²) in [6.45, 7) is 8.45. The Hall–Kier alpha value is -3.15. The molecule has 0 saturated carbocycles. The van der Waals surface area contributed by atoms with Gasteiger partial charge in [-0.05, 0) is 51.0 Å². The minimum absolute atomic E-state index is 0.201. The Labute approximate surface area is 158 Å². The molecule has 0 bridgehead atoms. The standard InChI is InChI=1S/C21H23N3O3/c1-5-26-19-9-7-6-8-18(19)24-16(4)20(22-23-24)21(25)27-13-17-12-14(2)10-11-15(17)3/h6-12H,5,13H2,1-4H3. The van der Waals surface area contributed by atoms with E-state index in [0.29, 0.717) is 18.1 Å². The van der Waals surface area contributed by atoms with Gasteiger partial charge in [0, 0.05) is 0 Å². The molecule has 0 radical (unpaired) electrons. The summed E-state index contributed by atoms with van der Waals surface area (Å²) < 4.78 is 12.7. The average molecular weight is 365 g/mol. The van der Waals surface area contributed by atoms with Crippen molar-refractivity contribution in [3.05, 3.63) is 70.5 Å². The Kier molecular flexibility index (Phi) is 5.54. The van der Waals surface area contributed by atoms with Gasteiger partial charge in [0.1, 0.15) is 18.0 Å². The molecule has 2 aromatic carbocycles. The third-order valence-electron chi connectivity index (χ3n) is 4.34. The van der Waals surface area contributed by atoms with Crippen LogP contribution >= 0.6 is 0 Å². The Bertz CT molecular complexity index is 963. The number of benzene rings is 2. The van der Waals surface area contributed by atoms with E-state index < -0.39 is 5.97 Å². The van der Waals surface area contributed by atoms with Gasteiger partial charge in [-0.1, -0.05) is 41.1 Å². The van der Waals surface area contributed by atoms with Gasteiger partial charge >= 0.3 is 5.97 Å². The van der Waals surface area contributed by atoms with Crippen molar-refractivity contribution in [2.45, 2.75) is 34.3 Å². The average Bonchev–Trinajstić information content (AvgIpc) is 3.04. The summed E-state index contributed by atoms with van der Waals surface area (Å²) in [5, 5.41) is 8.15. The molecule has 0 N–H and O–H groups in total. The van der Waals surface area contributed by atoms with Gasteiger partial charge in [-0.2, -0.15) is 0 Å². The van der Waals surface area contributed by atoms with Crippen molar-refractivity contribution in [1.82, 2.24) is 15.0 Å². The Morgan fingerprint density at radius 2 is 1.89 bits per heavy atom. The molecule has 0 spiro atoms. The maximum Gasteiger partial charge on any atom is 0.361 e. The lowest BCUT2D eigenvalue weighted by molar-refractivity contribution is 0.0464. The van der Waals surface area contributed by atoms with Crippen LogP contribution in [0.25, 0.3) is 5.69 Å². The van der Waals surface area contributed by atoms with Crippen LogP contribution in [0.15, 0.2) is 42.5 Å². The zero-order valence-electron chi connectivity index (χ0n) is 16.0. The van der Waals surface area contributed by atoms with Gasteiger partial charge in [-0.3, -0.25) is 0 Å². The number of aryl methyl sites for hydroxylation is 2. The third kappa shape index (κ3) is 4.00. The maximum atomic E-state index is 12.5. The van der Waals surface area contributed by atoms with Crippen LogP contribution in [0.4, 0.5) is 0 Å². The van der Waals surface area contributed by atoms with E-state index in [2.05, 4.69) is 10.3 Å². The molecule has 0 aliphatic carbocycles. The van der Waals surface area contributed by atoms with Crippen molar-refractivity contribution in [2.75, 3.05) is 6.61 Å². The summed E-state index contributed by atoms with van der Waals surface area (Å²) in [7, 11) is 0. The van der Waals surface area contributed by atoms with Gasteiger partial charge in [-0.15, -0.1) is 5.10 Å². The minimum atomic E-state index is -0.492. The summed E-state index contributed by atoms with van der Waals surface area (Å²) in [5.74, 6) is 0.192. The van der Waals surface area contributed by atoms with Crippen molar-refractivity contribution in [2.24, 2.45) is 0 Å². The molecule has 6 nitrogen and oxygen atoms in total. The monoisotopic (exact) mass is 365 g/mol. The molecular weight excluding hydrogens is 342 g/mol. The van der Waals surface area contributed by atoms with Gasteiger partial charge in [0.25, 0.3) is 0 Å². The lowest BCUT2D eigenvalue weighted by Crippen LogP contribution is -2.09. The van der Waals surface area contributed by atoms with Crippen molar-refractivity contribution in [3.63, 3.8) is 0 Å². The summed E-state index contributed by atoms with van der Waals surface area (Å²) >= 11 is 0. The van der Waals surface area contributed by atoms with E-state index in [1.807, 2.05) is 63.2 Å². The molecule has 140 valence electrons. The number of esters is 1. The smallest absolute Gasteiger partial charge is 0.361 e. The fourth-order valence-electron chi connectivity index (χ4n) is 2.82. The Morgan fingerprint density at radius 1 is 1.11 bits per heavy atom. The highest BCUT2D eigenvalue weighted by atomic mass is 16.5. The van der Waals surface area contributed by atoms with E-state index in [9.17, 15) is 4.79 Å². The highest BCUT2D eigenvalue weighted by molar-refractivity contribution is 5.88. The van der Waals surface area contributed by atoms with Crippen LogP contribution < -0.4 is 4.74 Å². The van der Waals surface area contributed by atoms with E-state index in [0.717, 1.165) is 22.4 Å². The zero-order valence-corrected chi connectivity index (χ0v) is 16.0. The van der Waals surface area contributed by atoms with Gasteiger partial charge in [0.2, 0.25) is 0 Å². The molecule has 0 saturated heterocycles. The first-order chi connectivity index (χ1) is 13.0. The predicted molar refractivity (Wildman–Crippen MR) is 102 cm³/mol. The number of hydrogen-bond acceptors (Lipinski definition) is 5. The highest BCUT2D eigenvalue weighted by Gasteiger charge is 2.20. The highest BCUT2D eigenvalue weighted by Crippen LogP contribution is 2.24. The number of ether oxygens (including phenoxy) is 2. The van der Waals surface area contributed by atoms with E-state index >= 15 is 0 Å². The molecule has 1 aromatic heterocycles. The molecule has 1 heterocycles. The summed E-state index contributed by atoms with van der Waals surface area (Å²) in [6, 6.07) is 13.6. The molecule has 3 rings (SSSR count). The maximum absolute atomic E-state index is 12.5. The van der Waals surface area contributed by atoms with Crippen molar-refractivity contribution < 1.29 is 14.3 Å². The number of carbonyl (C=O) groups is 1. The lowest BCUT2D eigenvalue weighted by atomic mass is 10.1. The van der Waals surface area contributed by atoms with Crippen LogP contribution in [0, 0.1) is 20.8 Å². The second kappa shape index (κ2) is 8.03. The number of aromatic nitrogens is 3. The van der Waals surface area contributed by atoms with E-state index in [1.54, 1.807) is 11.6 Å². The molecule has 0 atom stereocenters. The van der Waals surface area contributed by atoms with Crippen LogP contribution in [-0.4, -0.2) is 27.6 Å². The summed E-state index contributed by atoms with van der Waals surface area (Å²) in [6.07, 6.45) is 0. The van der Waals surface area contributed by atoms with Gasteiger partial charge < -0.3 is 9.47 Å². The van der Waals surface area contributed by atoms with Crippen LogP contribution in [0.3, 0.4) is 0 Å². The molecule has 0 fully saturated rings.